The monoisotopic (exact) mass is 233 g/mol. The minimum Gasteiger partial charge on any atom is -0.392 e. The van der Waals surface area contributed by atoms with Crippen molar-refractivity contribution >= 4 is 5.78 Å². The van der Waals surface area contributed by atoms with Crippen molar-refractivity contribution in [1.82, 2.24) is 0 Å². The van der Waals surface area contributed by atoms with E-state index in [-0.39, 0.29) is 18.3 Å². The Labute approximate surface area is 102 Å². The summed E-state index contributed by atoms with van der Waals surface area (Å²) in [7, 11) is 0. The van der Waals surface area contributed by atoms with Crippen LogP contribution in [0.25, 0.3) is 0 Å². The number of aliphatic hydroxyl groups is 1. The van der Waals surface area contributed by atoms with Gasteiger partial charge in [-0.15, -0.1) is 0 Å². The van der Waals surface area contributed by atoms with Crippen LogP contribution in [-0.2, 0) is 4.79 Å². The Hall–Kier alpha value is -1.40. The Morgan fingerprint density at radius 1 is 1.53 bits per heavy atom. The summed E-state index contributed by atoms with van der Waals surface area (Å²) < 4.78 is 0. The van der Waals surface area contributed by atoms with Crippen LogP contribution in [0.1, 0.15) is 33.1 Å². The Balaban J connectivity index is 2.96. The van der Waals surface area contributed by atoms with Crippen molar-refractivity contribution < 1.29 is 9.90 Å². The van der Waals surface area contributed by atoms with E-state index in [9.17, 15) is 9.90 Å². The second-order valence-corrected chi connectivity index (χ2v) is 5.15. The SMILES string of the molecule is CC1(C)C/C(CO)=C\C[C@H](C#N)C/C=C\C1=O. The number of carbonyl (C=O) groups excluding carboxylic acids is 1. The molecule has 1 N–H and O–H groups in total. The molecule has 0 radical (unpaired) electrons. The Morgan fingerprint density at radius 2 is 2.24 bits per heavy atom. The standard InChI is InChI=1S/C14H19NO2/c1-14(2)8-12(10-16)7-6-11(9-15)4-3-5-13(14)17/h3,5,7,11,16H,4,6,8,10H2,1-2H3/b5-3-,12-7+/t11-/m1/s1. The summed E-state index contributed by atoms with van der Waals surface area (Å²) in [5.74, 6) is -0.0581. The number of rotatable bonds is 1. The maximum atomic E-state index is 11.9. The molecule has 1 atom stereocenters. The highest BCUT2D eigenvalue weighted by atomic mass is 16.3. The molecule has 3 heteroatoms. The molecule has 0 spiro atoms. The third-order valence-corrected chi connectivity index (χ3v) is 3.10. The molecule has 0 aromatic heterocycles. The van der Waals surface area contributed by atoms with Gasteiger partial charge in [0.15, 0.2) is 5.78 Å². The first-order valence-corrected chi connectivity index (χ1v) is 5.89. The van der Waals surface area contributed by atoms with Crippen molar-refractivity contribution in [3.8, 4) is 6.07 Å². The highest BCUT2D eigenvalue weighted by molar-refractivity contribution is 5.94. The van der Waals surface area contributed by atoms with Crippen LogP contribution in [0.4, 0.5) is 0 Å². The fourth-order valence-corrected chi connectivity index (χ4v) is 1.92. The zero-order valence-corrected chi connectivity index (χ0v) is 10.4. The molecule has 1 aliphatic rings. The fourth-order valence-electron chi connectivity index (χ4n) is 1.92. The van der Waals surface area contributed by atoms with Gasteiger partial charge in [0.25, 0.3) is 0 Å². The Morgan fingerprint density at radius 3 is 2.82 bits per heavy atom. The maximum Gasteiger partial charge on any atom is 0.161 e. The maximum absolute atomic E-state index is 11.9. The zero-order valence-electron chi connectivity index (χ0n) is 10.4. The van der Waals surface area contributed by atoms with E-state index in [4.69, 9.17) is 5.26 Å². The van der Waals surface area contributed by atoms with Gasteiger partial charge in [0.05, 0.1) is 18.6 Å². The molecule has 92 valence electrons. The topological polar surface area (TPSA) is 61.1 Å². The van der Waals surface area contributed by atoms with Gasteiger partial charge < -0.3 is 5.11 Å². The Kier molecular flexibility index (Phi) is 4.65. The first-order chi connectivity index (χ1) is 7.99. The fraction of sp³-hybridized carbons (Fsp3) is 0.571. The summed E-state index contributed by atoms with van der Waals surface area (Å²) in [5, 5.41) is 18.2. The molecule has 3 nitrogen and oxygen atoms in total. The van der Waals surface area contributed by atoms with Crippen molar-refractivity contribution in [2.45, 2.75) is 33.1 Å². The lowest BCUT2D eigenvalue weighted by molar-refractivity contribution is -0.122. The van der Waals surface area contributed by atoms with E-state index in [0.29, 0.717) is 19.3 Å². The number of nitriles is 1. The van der Waals surface area contributed by atoms with Crippen molar-refractivity contribution in [2.24, 2.45) is 11.3 Å². The predicted molar refractivity (Wildman–Crippen MR) is 66.1 cm³/mol. The summed E-state index contributed by atoms with van der Waals surface area (Å²) in [6.45, 7) is 3.72. The molecule has 17 heavy (non-hydrogen) atoms. The van der Waals surface area contributed by atoms with E-state index in [2.05, 4.69) is 6.07 Å². The molecule has 0 fully saturated rings. The molecule has 0 aromatic carbocycles. The summed E-state index contributed by atoms with van der Waals surface area (Å²) in [6, 6.07) is 2.21. The molecule has 0 saturated heterocycles. The number of nitrogens with zero attached hydrogens (tertiary/aromatic N) is 1. The van der Waals surface area contributed by atoms with Gasteiger partial charge in [-0.2, -0.15) is 5.26 Å². The van der Waals surface area contributed by atoms with E-state index in [1.807, 2.05) is 19.9 Å². The van der Waals surface area contributed by atoms with Crippen molar-refractivity contribution in [1.29, 1.82) is 5.26 Å². The normalized spacial score (nSPS) is 29.9. The van der Waals surface area contributed by atoms with Crippen LogP contribution in [0.2, 0.25) is 0 Å². The van der Waals surface area contributed by atoms with E-state index >= 15 is 0 Å². The van der Waals surface area contributed by atoms with Crippen molar-refractivity contribution in [3.63, 3.8) is 0 Å². The van der Waals surface area contributed by atoms with Crippen LogP contribution in [0.3, 0.4) is 0 Å². The van der Waals surface area contributed by atoms with Crippen molar-refractivity contribution in [3.05, 3.63) is 23.8 Å². The van der Waals surface area contributed by atoms with Crippen LogP contribution in [0.15, 0.2) is 23.8 Å². The third kappa shape index (κ3) is 3.83. The molecule has 0 aliphatic heterocycles. The number of aliphatic hydroxyl groups excluding tert-OH is 1. The summed E-state index contributed by atoms with van der Waals surface area (Å²) >= 11 is 0. The Bertz CT molecular complexity index is 386. The van der Waals surface area contributed by atoms with E-state index in [1.165, 1.54) is 0 Å². The number of ketones is 1. The van der Waals surface area contributed by atoms with Gasteiger partial charge in [-0.05, 0) is 30.9 Å². The van der Waals surface area contributed by atoms with Crippen molar-refractivity contribution in [2.75, 3.05) is 6.61 Å². The lowest BCUT2D eigenvalue weighted by Crippen LogP contribution is -2.24. The minimum atomic E-state index is -0.482. The van der Waals surface area contributed by atoms with Gasteiger partial charge in [-0.1, -0.05) is 26.0 Å². The van der Waals surface area contributed by atoms with Crippen LogP contribution in [0.5, 0.6) is 0 Å². The number of carbonyl (C=O) groups is 1. The van der Waals surface area contributed by atoms with Gasteiger partial charge in [0.1, 0.15) is 0 Å². The number of hydrogen-bond acceptors (Lipinski definition) is 3. The lowest BCUT2D eigenvalue weighted by Gasteiger charge is -2.23. The number of hydrogen-bond donors (Lipinski definition) is 1. The number of allylic oxidation sites excluding steroid dienone is 3. The average Bonchev–Trinajstić information content (AvgIpc) is 2.30. The third-order valence-electron chi connectivity index (χ3n) is 3.10. The van der Waals surface area contributed by atoms with Gasteiger partial charge in [0, 0.05) is 5.41 Å². The van der Waals surface area contributed by atoms with Gasteiger partial charge >= 0.3 is 0 Å². The van der Waals surface area contributed by atoms with Crippen LogP contribution >= 0.6 is 0 Å². The largest absolute Gasteiger partial charge is 0.392 e. The molecule has 0 bridgehead atoms. The highest BCUT2D eigenvalue weighted by Crippen LogP contribution is 2.28. The lowest BCUT2D eigenvalue weighted by atomic mass is 9.80. The van der Waals surface area contributed by atoms with Gasteiger partial charge in [-0.3, -0.25) is 4.79 Å². The molecule has 0 aromatic rings. The van der Waals surface area contributed by atoms with E-state index in [1.54, 1.807) is 12.2 Å². The first kappa shape index (κ1) is 13.7. The van der Waals surface area contributed by atoms with Crippen LogP contribution in [-0.4, -0.2) is 17.5 Å². The molecular formula is C14H19NO2. The molecule has 0 unspecified atom stereocenters. The molecule has 0 heterocycles. The molecule has 1 aliphatic carbocycles. The first-order valence-electron chi connectivity index (χ1n) is 5.89. The molecule has 1 rings (SSSR count). The van der Waals surface area contributed by atoms with Crippen LogP contribution in [0, 0.1) is 22.7 Å². The summed E-state index contributed by atoms with van der Waals surface area (Å²) in [6.07, 6.45) is 7.04. The summed E-state index contributed by atoms with van der Waals surface area (Å²) in [5.41, 5.74) is 0.365. The van der Waals surface area contributed by atoms with Gasteiger partial charge in [-0.25, -0.2) is 0 Å². The van der Waals surface area contributed by atoms with Gasteiger partial charge in [0.2, 0.25) is 0 Å². The molecular weight excluding hydrogens is 214 g/mol. The quantitative estimate of drug-likeness (QED) is 0.707. The van der Waals surface area contributed by atoms with E-state index in [0.717, 1.165) is 5.57 Å². The molecule has 0 amide bonds. The zero-order chi connectivity index (χ0) is 12.9. The highest BCUT2D eigenvalue weighted by Gasteiger charge is 2.27. The van der Waals surface area contributed by atoms with Crippen LogP contribution < -0.4 is 0 Å². The average molecular weight is 233 g/mol. The minimum absolute atomic E-state index is 0.0431. The second kappa shape index (κ2) is 5.79. The predicted octanol–water partition coefficient (Wildman–Crippen LogP) is 2.38. The smallest absolute Gasteiger partial charge is 0.161 e. The van der Waals surface area contributed by atoms with E-state index < -0.39 is 5.41 Å². The molecule has 0 saturated carbocycles. The second-order valence-electron chi connectivity index (χ2n) is 5.15. The summed E-state index contributed by atoms with van der Waals surface area (Å²) in [4.78, 5) is 11.9.